The van der Waals surface area contributed by atoms with Gasteiger partial charge in [-0.05, 0) is 12.1 Å². The number of fused-ring (bicyclic) bond motifs is 1. The summed E-state index contributed by atoms with van der Waals surface area (Å²) in [6.45, 7) is 0.420. The van der Waals surface area contributed by atoms with Gasteiger partial charge < -0.3 is 10.1 Å². The van der Waals surface area contributed by atoms with Crippen LogP contribution in [0.25, 0.3) is 5.78 Å². The molecule has 0 spiro atoms. The van der Waals surface area contributed by atoms with Crippen LogP contribution in [0.5, 0.6) is 5.75 Å². The number of nitrogens with one attached hydrogen (secondary N) is 1. The monoisotopic (exact) mass is 329 g/mol. The van der Waals surface area contributed by atoms with E-state index in [2.05, 4.69) is 20.4 Å². The van der Waals surface area contributed by atoms with Crippen molar-refractivity contribution in [3.8, 4) is 5.75 Å². The Kier molecular flexibility index (Phi) is 4.72. The summed E-state index contributed by atoms with van der Waals surface area (Å²) >= 11 is 1.27. The first kappa shape index (κ1) is 15.3. The number of aromatic nitrogens is 4. The molecule has 0 saturated carbocycles. The lowest BCUT2D eigenvalue weighted by Crippen LogP contribution is -2.24. The SMILES string of the molecule is COc1ccccc1CNC(=O)CSc1nc2ncccn2n1. The second kappa shape index (κ2) is 7.10. The van der Waals surface area contributed by atoms with Gasteiger partial charge >= 0.3 is 0 Å². The van der Waals surface area contributed by atoms with Crippen molar-refractivity contribution in [2.24, 2.45) is 0 Å². The number of hydrogen-bond donors (Lipinski definition) is 1. The van der Waals surface area contributed by atoms with Crippen LogP contribution in [0, 0.1) is 0 Å². The molecule has 0 saturated heterocycles. The highest BCUT2D eigenvalue weighted by molar-refractivity contribution is 7.99. The van der Waals surface area contributed by atoms with Crippen LogP contribution in [-0.4, -0.2) is 38.4 Å². The molecule has 1 amide bonds. The maximum atomic E-state index is 12.0. The number of hydrogen-bond acceptors (Lipinski definition) is 6. The Morgan fingerprint density at radius 3 is 3.04 bits per heavy atom. The topological polar surface area (TPSA) is 81.4 Å². The lowest BCUT2D eigenvalue weighted by Gasteiger charge is -2.08. The van der Waals surface area contributed by atoms with Gasteiger partial charge in [-0.15, -0.1) is 5.10 Å². The van der Waals surface area contributed by atoms with Crippen molar-refractivity contribution >= 4 is 23.4 Å². The summed E-state index contributed by atoms with van der Waals surface area (Å²) < 4.78 is 6.83. The van der Waals surface area contributed by atoms with Gasteiger partial charge in [0.15, 0.2) is 0 Å². The zero-order valence-electron chi connectivity index (χ0n) is 12.5. The van der Waals surface area contributed by atoms with E-state index in [4.69, 9.17) is 4.74 Å². The molecule has 23 heavy (non-hydrogen) atoms. The van der Waals surface area contributed by atoms with Gasteiger partial charge in [-0.3, -0.25) is 4.79 Å². The third-order valence-electron chi connectivity index (χ3n) is 3.10. The molecule has 3 aromatic rings. The molecular weight excluding hydrogens is 314 g/mol. The van der Waals surface area contributed by atoms with E-state index in [0.29, 0.717) is 17.5 Å². The summed E-state index contributed by atoms with van der Waals surface area (Å²) in [4.78, 5) is 20.3. The van der Waals surface area contributed by atoms with E-state index in [9.17, 15) is 4.79 Å². The van der Waals surface area contributed by atoms with Crippen molar-refractivity contribution in [3.05, 3.63) is 48.3 Å². The molecule has 1 N–H and O–H groups in total. The largest absolute Gasteiger partial charge is 0.496 e. The molecular formula is C15H15N5O2S. The molecule has 1 aromatic carbocycles. The predicted molar refractivity (Wildman–Crippen MR) is 86.3 cm³/mol. The fraction of sp³-hybridized carbons (Fsp3) is 0.200. The highest BCUT2D eigenvalue weighted by Crippen LogP contribution is 2.17. The first-order valence-corrected chi connectivity index (χ1v) is 7.93. The molecule has 0 unspecified atom stereocenters. The molecule has 2 aromatic heterocycles. The number of nitrogens with zero attached hydrogens (tertiary/aromatic N) is 4. The summed E-state index contributed by atoms with van der Waals surface area (Å²) in [5.41, 5.74) is 0.934. The van der Waals surface area contributed by atoms with Gasteiger partial charge in [-0.2, -0.15) is 4.98 Å². The first-order valence-electron chi connectivity index (χ1n) is 6.95. The maximum Gasteiger partial charge on any atom is 0.253 e. The van der Waals surface area contributed by atoms with Crippen LogP contribution in [0.4, 0.5) is 0 Å². The van der Waals surface area contributed by atoms with Crippen LogP contribution >= 0.6 is 11.8 Å². The number of ether oxygens (including phenoxy) is 1. The van der Waals surface area contributed by atoms with Crippen LogP contribution in [0.15, 0.2) is 47.9 Å². The minimum atomic E-state index is -0.0901. The number of thioether (sulfide) groups is 1. The summed E-state index contributed by atoms with van der Waals surface area (Å²) in [6, 6.07) is 9.36. The van der Waals surface area contributed by atoms with Crippen LogP contribution in [0.2, 0.25) is 0 Å². The Hall–Kier alpha value is -2.61. The molecule has 2 heterocycles. The minimum Gasteiger partial charge on any atom is -0.496 e. The Labute approximate surface area is 137 Å². The first-order chi connectivity index (χ1) is 11.3. The summed E-state index contributed by atoms with van der Waals surface area (Å²) in [6.07, 6.45) is 3.42. The molecule has 0 aliphatic carbocycles. The van der Waals surface area contributed by atoms with Crippen LogP contribution < -0.4 is 10.1 Å². The van der Waals surface area contributed by atoms with E-state index in [-0.39, 0.29) is 11.7 Å². The average molecular weight is 329 g/mol. The fourth-order valence-electron chi connectivity index (χ4n) is 2.00. The minimum absolute atomic E-state index is 0.0901. The van der Waals surface area contributed by atoms with Crippen LogP contribution in [0.3, 0.4) is 0 Å². The van der Waals surface area contributed by atoms with E-state index in [0.717, 1.165) is 11.3 Å². The van der Waals surface area contributed by atoms with E-state index < -0.39 is 0 Å². The van der Waals surface area contributed by atoms with Gasteiger partial charge in [0.2, 0.25) is 11.1 Å². The third-order valence-corrected chi connectivity index (χ3v) is 3.94. The summed E-state index contributed by atoms with van der Waals surface area (Å²) in [7, 11) is 1.61. The van der Waals surface area contributed by atoms with E-state index in [1.54, 1.807) is 30.1 Å². The van der Waals surface area contributed by atoms with Crippen LogP contribution in [0.1, 0.15) is 5.56 Å². The van der Waals surface area contributed by atoms with E-state index in [1.807, 2.05) is 24.3 Å². The second-order valence-electron chi connectivity index (χ2n) is 4.64. The average Bonchev–Trinajstić information content (AvgIpc) is 3.01. The molecule has 3 rings (SSSR count). The van der Waals surface area contributed by atoms with Crippen molar-refractivity contribution < 1.29 is 9.53 Å². The van der Waals surface area contributed by atoms with E-state index >= 15 is 0 Å². The standard InChI is InChI=1S/C15H15N5O2S/c1-22-12-6-3-2-5-11(12)9-17-13(21)10-23-15-18-14-16-7-4-8-20(14)19-15/h2-8H,9-10H2,1H3,(H,17,21). The fourth-order valence-corrected chi connectivity index (χ4v) is 2.65. The van der Waals surface area contributed by atoms with Gasteiger partial charge in [0.1, 0.15) is 5.75 Å². The Balaban J connectivity index is 1.53. The molecule has 0 atom stereocenters. The zero-order valence-corrected chi connectivity index (χ0v) is 13.3. The Morgan fingerprint density at radius 2 is 2.22 bits per heavy atom. The van der Waals surface area contributed by atoms with Gasteiger partial charge in [0, 0.05) is 24.5 Å². The second-order valence-corrected chi connectivity index (χ2v) is 5.58. The third kappa shape index (κ3) is 3.78. The lowest BCUT2D eigenvalue weighted by atomic mass is 10.2. The smallest absolute Gasteiger partial charge is 0.253 e. The number of carbonyl (C=O) groups is 1. The number of carbonyl (C=O) groups excluding carboxylic acids is 1. The van der Waals surface area contributed by atoms with Gasteiger partial charge in [0.25, 0.3) is 5.78 Å². The molecule has 7 nitrogen and oxygen atoms in total. The number of rotatable bonds is 6. The molecule has 8 heteroatoms. The molecule has 118 valence electrons. The lowest BCUT2D eigenvalue weighted by molar-refractivity contribution is -0.118. The number of para-hydroxylation sites is 1. The number of methoxy groups -OCH3 is 1. The summed E-state index contributed by atoms with van der Waals surface area (Å²) in [5, 5.41) is 7.62. The quantitative estimate of drug-likeness (QED) is 0.691. The molecule has 0 fully saturated rings. The molecule has 0 radical (unpaired) electrons. The number of benzene rings is 1. The normalized spacial score (nSPS) is 10.7. The van der Waals surface area contributed by atoms with E-state index in [1.165, 1.54) is 11.8 Å². The van der Waals surface area contributed by atoms with Crippen molar-refractivity contribution in [2.75, 3.05) is 12.9 Å². The molecule has 0 bridgehead atoms. The van der Waals surface area contributed by atoms with Crippen molar-refractivity contribution in [3.63, 3.8) is 0 Å². The van der Waals surface area contributed by atoms with Crippen molar-refractivity contribution in [2.45, 2.75) is 11.7 Å². The highest BCUT2D eigenvalue weighted by Gasteiger charge is 2.09. The molecule has 0 aliphatic heterocycles. The number of amides is 1. The maximum absolute atomic E-state index is 12.0. The summed E-state index contributed by atoms with van der Waals surface area (Å²) in [5.74, 6) is 1.43. The Morgan fingerprint density at radius 1 is 1.35 bits per heavy atom. The van der Waals surface area contributed by atoms with Gasteiger partial charge in [0.05, 0.1) is 12.9 Å². The highest BCUT2D eigenvalue weighted by atomic mass is 32.2. The van der Waals surface area contributed by atoms with Gasteiger partial charge in [-0.25, -0.2) is 9.50 Å². The van der Waals surface area contributed by atoms with Gasteiger partial charge in [-0.1, -0.05) is 30.0 Å². The zero-order chi connectivity index (χ0) is 16.1. The Bertz CT molecular complexity index is 787. The molecule has 0 aliphatic rings. The predicted octanol–water partition coefficient (Wildman–Crippen LogP) is 1.54. The van der Waals surface area contributed by atoms with Crippen molar-refractivity contribution in [1.82, 2.24) is 24.9 Å². The van der Waals surface area contributed by atoms with Crippen molar-refractivity contribution in [1.29, 1.82) is 0 Å². The van der Waals surface area contributed by atoms with Crippen LogP contribution in [-0.2, 0) is 11.3 Å².